The average molecular weight is 329 g/mol. The molecule has 1 aromatic carbocycles. The molecule has 1 amide bonds. The van der Waals surface area contributed by atoms with Crippen LogP contribution >= 0.6 is 11.6 Å². The molecule has 2 unspecified atom stereocenters. The van der Waals surface area contributed by atoms with Gasteiger partial charge in [-0.25, -0.2) is 8.42 Å². The number of hydrogen-bond donors (Lipinski definition) is 2. The van der Waals surface area contributed by atoms with Gasteiger partial charge in [-0.2, -0.15) is 0 Å². The predicted octanol–water partition coefficient (Wildman–Crippen LogP) is 2.70. The van der Waals surface area contributed by atoms with Gasteiger partial charge in [-0.05, 0) is 49.3 Å². The maximum Gasteiger partial charge on any atom is 0.229 e. The smallest absolute Gasteiger partial charge is 0.229 e. The van der Waals surface area contributed by atoms with Crippen molar-refractivity contribution in [2.45, 2.75) is 19.3 Å². The lowest BCUT2D eigenvalue weighted by Crippen LogP contribution is -2.22. The zero-order valence-corrected chi connectivity index (χ0v) is 13.2. The van der Waals surface area contributed by atoms with Crippen LogP contribution in [0.5, 0.6) is 0 Å². The average Bonchev–Trinajstić information content (AvgIpc) is 2.98. The van der Waals surface area contributed by atoms with Crippen LogP contribution in [0.2, 0.25) is 5.02 Å². The Kier molecular flexibility index (Phi) is 3.61. The lowest BCUT2D eigenvalue weighted by atomic mass is 10.0. The molecule has 2 aliphatic carbocycles. The van der Waals surface area contributed by atoms with Crippen molar-refractivity contribution in [2.24, 2.45) is 17.8 Å². The van der Waals surface area contributed by atoms with Crippen LogP contribution in [0.4, 0.5) is 11.4 Å². The number of amides is 1. The van der Waals surface area contributed by atoms with Gasteiger partial charge in [0.25, 0.3) is 0 Å². The molecule has 0 aliphatic heterocycles. The first-order valence-corrected chi connectivity index (χ1v) is 9.17. The van der Waals surface area contributed by atoms with E-state index < -0.39 is 10.0 Å². The van der Waals surface area contributed by atoms with Gasteiger partial charge in [-0.3, -0.25) is 9.52 Å². The van der Waals surface area contributed by atoms with Crippen molar-refractivity contribution in [1.29, 1.82) is 0 Å². The van der Waals surface area contributed by atoms with Crippen molar-refractivity contribution in [2.75, 3.05) is 16.3 Å². The van der Waals surface area contributed by atoms with Crippen LogP contribution in [-0.2, 0) is 14.8 Å². The minimum absolute atomic E-state index is 0.0272. The molecule has 0 bridgehead atoms. The highest BCUT2D eigenvalue weighted by molar-refractivity contribution is 7.92. The second-order valence-electron chi connectivity index (χ2n) is 5.98. The fraction of sp³-hybridized carbons (Fsp3) is 0.500. The summed E-state index contributed by atoms with van der Waals surface area (Å²) in [5.41, 5.74) is 0.822. The molecule has 114 valence electrons. The van der Waals surface area contributed by atoms with Crippen molar-refractivity contribution in [1.82, 2.24) is 0 Å². The van der Waals surface area contributed by atoms with Gasteiger partial charge in [-0.15, -0.1) is 0 Å². The predicted molar refractivity (Wildman–Crippen MR) is 82.9 cm³/mol. The third-order valence-corrected chi connectivity index (χ3v) is 5.08. The molecule has 2 atom stereocenters. The number of nitrogens with one attached hydrogen (secondary N) is 2. The molecule has 2 fully saturated rings. The van der Waals surface area contributed by atoms with Gasteiger partial charge in [0.15, 0.2) is 0 Å². The normalized spacial score (nSPS) is 27.0. The van der Waals surface area contributed by atoms with Crippen molar-refractivity contribution >= 4 is 38.9 Å². The van der Waals surface area contributed by atoms with Crippen LogP contribution in [0.3, 0.4) is 0 Å². The largest absolute Gasteiger partial charge is 0.324 e. The lowest BCUT2D eigenvalue weighted by Gasteiger charge is -2.14. The number of benzene rings is 1. The minimum Gasteiger partial charge on any atom is -0.324 e. The zero-order chi connectivity index (χ0) is 15.2. The summed E-state index contributed by atoms with van der Waals surface area (Å²) in [7, 11) is -3.36. The summed E-state index contributed by atoms with van der Waals surface area (Å²) < 4.78 is 24.8. The molecule has 0 heterocycles. The second kappa shape index (κ2) is 5.18. The third-order valence-electron chi connectivity index (χ3n) is 4.14. The summed E-state index contributed by atoms with van der Waals surface area (Å²) >= 11 is 6.06. The number of halogens is 1. The van der Waals surface area contributed by atoms with E-state index >= 15 is 0 Å². The van der Waals surface area contributed by atoms with Gasteiger partial charge < -0.3 is 5.32 Å². The highest BCUT2D eigenvalue weighted by Crippen LogP contribution is 2.54. The fourth-order valence-electron chi connectivity index (χ4n) is 3.06. The zero-order valence-electron chi connectivity index (χ0n) is 11.6. The Morgan fingerprint density at radius 2 is 1.90 bits per heavy atom. The molecule has 0 spiro atoms. The Morgan fingerprint density at radius 3 is 2.52 bits per heavy atom. The standard InChI is InChI=1S/C14H17ClN2O3S/c1-21(19,20)17-11-2-3-12(15)13(7-11)16-14(18)10-5-8-4-9(8)6-10/h2-3,7-10,17H,4-6H2,1H3,(H,16,18). The Balaban J connectivity index is 1.71. The van der Waals surface area contributed by atoms with Crippen LogP contribution in [-0.4, -0.2) is 20.6 Å². The number of anilines is 2. The summed E-state index contributed by atoms with van der Waals surface area (Å²) in [6, 6.07) is 4.66. The Morgan fingerprint density at radius 1 is 1.24 bits per heavy atom. The highest BCUT2D eigenvalue weighted by atomic mass is 35.5. The van der Waals surface area contributed by atoms with Gasteiger partial charge in [-0.1, -0.05) is 11.6 Å². The SMILES string of the molecule is CS(=O)(=O)Nc1ccc(Cl)c(NC(=O)C2CC3CC3C2)c1. The highest BCUT2D eigenvalue weighted by Gasteiger charge is 2.48. The van der Waals surface area contributed by atoms with Crippen LogP contribution in [0.1, 0.15) is 19.3 Å². The molecule has 2 saturated carbocycles. The van der Waals surface area contributed by atoms with E-state index in [2.05, 4.69) is 10.0 Å². The minimum atomic E-state index is -3.36. The van der Waals surface area contributed by atoms with Crippen LogP contribution in [0, 0.1) is 17.8 Å². The van der Waals surface area contributed by atoms with E-state index in [4.69, 9.17) is 11.6 Å². The molecule has 7 heteroatoms. The molecule has 21 heavy (non-hydrogen) atoms. The molecule has 0 saturated heterocycles. The Hall–Kier alpha value is -1.27. The van der Waals surface area contributed by atoms with Crippen molar-refractivity contribution in [3.05, 3.63) is 23.2 Å². The van der Waals surface area contributed by atoms with Crippen LogP contribution in [0.15, 0.2) is 18.2 Å². The maximum absolute atomic E-state index is 12.2. The molecule has 3 rings (SSSR count). The first-order valence-electron chi connectivity index (χ1n) is 6.90. The van der Waals surface area contributed by atoms with E-state index in [1.165, 1.54) is 12.5 Å². The van der Waals surface area contributed by atoms with Crippen molar-refractivity contribution < 1.29 is 13.2 Å². The van der Waals surface area contributed by atoms with Gasteiger partial charge in [0.05, 0.1) is 22.7 Å². The molecule has 0 radical (unpaired) electrons. The lowest BCUT2D eigenvalue weighted by molar-refractivity contribution is -0.120. The summed E-state index contributed by atoms with van der Waals surface area (Å²) in [5.74, 6) is 1.49. The number of fused-ring (bicyclic) bond motifs is 1. The van der Waals surface area contributed by atoms with E-state index in [0.717, 1.165) is 30.9 Å². The molecule has 1 aromatic rings. The maximum atomic E-state index is 12.2. The van der Waals surface area contributed by atoms with Crippen molar-refractivity contribution in [3.8, 4) is 0 Å². The van der Waals surface area contributed by atoms with Crippen LogP contribution in [0.25, 0.3) is 0 Å². The number of carbonyl (C=O) groups is 1. The molecule has 5 nitrogen and oxygen atoms in total. The van der Waals surface area contributed by atoms with Crippen LogP contribution < -0.4 is 10.0 Å². The number of sulfonamides is 1. The van der Waals surface area contributed by atoms with E-state index in [1.54, 1.807) is 12.1 Å². The molecule has 0 aromatic heterocycles. The summed E-state index contributed by atoms with van der Waals surface area (Å²) in [6.45, 7) is 0. The molecular weight excluding hydrogens is 312 g/mol. The van der Waals surface area contributed by atoms with E-state index in [0.29, 0.717) is 16.4 Å². The number of carbonyl (C=O) groups excluding carboxylic acids is 1. The van der Waals surface area contributed by atoms with E-state index in [9.17, 15) is 13.2 Å². The van der Waals surface area contributed by atoms with Crippen molar-refractivity contribution in [3.63, 3.8) is 0 Å². The summed E-state index contributed by atoms with van der Waals surface area (Å²) in [6.07, 6.45) is 4.24. The summed E-state index contributed by atoms with van der Waals surface area (Å²) in [4.78, 5) is 12.2. The second-order valence-corrected chi connectivity index (χ2v) is 8.14. The monoisotopic (exact) mass is 328 g/mol. The number of hydrogen-bond acceptors (Lipinski definition) is 3. The van der Waals surface area contributed by atoms with Gasteiger partial charge in [0.2, 0.25) is 15.9 Å². The summed E-state index contributed by atoms with van der Waals surface area (Å²) in [5, 5.41) is 3.21. The van der Waals surface area contributed by atoms with Gasteiger partial charge >= 0.3 is 0 Å². The Labute approximate surface area is 129 Å². The molecular formula is C14H17ClN2O3S. The van der Waals surface area contributed by atoms with E-state index in [1.807, 2.05) is 0 Å². The molecule has 2 N–H and O–H groups in total. The quantitative estimate of drug-likeness (QED) is 0.892. The van der Waals surface area contributed by atoms with E-state index in [-0.39, 0.29) is 11.8 Å². The molecule has 2 aliphatic rings. The third kappa shape index (κ3) is 3.49. The first kappa shape index (κ1) is 14.7. The van der Waals surface area contributed by atoms with Gasteiger partial charge in [0, 0.05) is 5.92 Å². The van der Waals surface area contributed by atoms with Gasteiger partial charge in [0.1, 0.15) is 0 Å². The Bertz CT molecular complexity index is 679. The number of rotatable bonds is 4. The first-order chi connectivity index (χ1) is 9.82. The topological polar surface area (TPSA) is 75.3 Å². The fourth-order valence-corrected chi connectivity index (χ4v) is 3.78.